The van der Waals surface area contributed by atoms with E-state index in [1.54, 1.807) is 29.3 Å². The normalized spacial score (nSPS) is 12.6. The SMILES string of the molecule is CNC(C(=O)NCc1nc(C(C)C)c(C)s1)c1cnn(C)c1. The molecule has 120 valence electrons. The quantitative estimate of drug-likeness (QED) is 0.852. The monoisotopic (exact) mass is 321 g/mol. The lowest BCUT2D eigenvalue weighted by Crippen LogP contribution is -2.35. The Balaban J connectivity index is 2.01. The molecule has 0 saturated carbocycles. The van der Waals surface area contributed by atoms with Crippen LogP contribution in [-0.4, -0.2) is 27.7 Å². The molecule has 1 atom stereocenters. The molecule has 0 saturated heterocycles. The van der Waals surface area contributed by atoms with E-state index in [2.05, 4.69) is 41.5 Å². The van der Waals surface area contributed by atoms with Gasteiger partial charge in [-0.15, -0.1) is 11.3 Å². The maximum absolute atomic E-state index is 12.3. The van der Waals surface area contributed by atoms with Crippen LogP contribution < -0.4 is 10.6 Å². The van der Waals surface area contributed by atoms with Crippen molar-refractivity contribution >= 4 is 17.2 Å². The molecule has 2 N–H and O–H groups in total. The Kier molecular flexibility index (Phi) is 5.31. The second kappa shape index (κ2) is 7.02. The Morgan fingerprint density at radius 2 is 2.18 bits per heavy atom. The molecule has 2 aromatic heterocycles. The number of aromatic nitrogens is 3. The van der Waals surface area contributed by atoms with Gasteiger partial charge in [-0.2, -0.15) is 5.10 Å². The lowest BCUT2D eigenvalue weighted by atomic mass is 10.1. The highest BCUT2D eigenvalue weighted by atomic mass is 32.1. The Morgan fingerprint density at radius 3 is 2.68 bits per heavy atom. The maximum atomic E-state index is 12.3. The molecule has 6 nitrogen and oxygen atoms in total. The van der Waals surface area contributed by atoms with Gasteiger partial charge in [-0.1, -0.05) is 13.8 Å². The molecule has 22 heavy (non-hydrogen) atoms. The van der Waals surface area contributed by atoms with Gasteiger partial charge in [-0.25, -0.2) is 4.98 Å². The summed E-state index contributed by atoms with van der Waals surface area (Å²) in [6.07, 6.45) is 3.54. The van der Waals surface area contributed by atoms with Crippen LogP contribution >= 0.6 is 11.3 Å². The minimum atomic E-state index is -0.403. The van der Waals surface area contributed by atoms with E-state index in [0.717, 1.165) is 16.3 Å². The molecule has 7 heteroatoms. The van der Waals surface area contributed by atoms with Gasteiger partial charge < -0.3 is 10.6 Å². The first-order valence-corrected chi connectivity index (χ1v) is 8.13. The van der Waals surface area contributed by atoms with Gasteiger partial charge in [-0.05, 0) is 19.9 Å². The summed E-state index contributed by atoms with van der Waals surface area (Å²) >= 11 is 1.64. The van der Waals surface area contributed by atoms with Crippen LogP contribution in [0.4, 0.5) is 0 Å². The maximum Gasteiger partial charge on any atom is 0.242 e. The van der Waals surface area contributed by atoms with E-state index in [1.165, 1.54) is 4.88 Å². The molecule has 1 unspecified atom stereocenters. The number of nitrogens with zero attached hydrogens (tertiary/aromatic N) is 3. The summed E-state index contributed by atoms with van der Waals surface area (Å²) in [4.78, 5) is 18.2. The molecule has 2 rings (SSSR count). The van der Waals surface area contributed by atoms with Gasteiger partial charge in [0.05, 0.1) is 18.4 Å². The standard InChI is InChI=1S/C15H23N5OS/c1-9(2)13-10(3)22-12(19-13)7-17-15(21)14(16-4)11-6-18-20(5)8-11/h6,8-9,14,16H,7H2,1-5H3,(H,17,21). The van der Waals surface area contributed by atoms with Gasteiger partial charge in [0.15, 0.2) is 0 Å². The summed E-state index contributed by atoms with van der Waals surface area (Å²) in [5.41, 5.74) is 1.97. The fourth-order valence-electron chi connectivity index (χ4n) is 2.38. The van der Waals surface area contributed by atoms with Crippen molar-refractivity contribution in [2.24, 2.45) is 7.05 Å². The Hall–Kier alpha value is -1.73. The summed E-state index contributed by atoms with van der Waals surface area (Å²) < 4.78 is 1.69. The second-order valence-corrected chi connectivity index (χ2v) is 6.88. The van der Waals surface area contributed by atoms with Crippen molar-refractivity contribution in [1.82, 2.24) is 25.4 Å². The van der Waals surface area contributed by atoms with Crippen LogP contribution in [0.3, 0.4) is 0 Å². The molecule has 2 heterocycles. The molecular weight excluding hydrogens is 298 g/mol. The molecule has 0 bridgehead atoms. The highest BCUT2D eigenvalue weighted by molar-refractivity contribution is 7.11. The number of hydrogen-bond donors (Lipinski definition) is 2. The van der Waals surface area contributed by atoms with E-state index < -0.39 is 6.04 Å². The highest BCUT2D eigenvalue weighted by Gasteiger charge is 2.20. The van der Waals surface area contributed by atoms with E-state index in [0.29, 0.717) is 12.5 Å². The van der Waals surface area contributed by atoms with E-state index in [1.807, 2.05) is 13.2 Å². The van der Waals surface area contributed by atoms with Crippen molar-refractivity contribution in [2.45, 2.75) is 39.3 Å². The third kappa shape index (κ3) is 3.72. The third-order valence-corrected chi connectivity index (χ3v) is 4.43. The Morgan fingerprint density at radius 1 is 1.45 bits per heavy atom. The summed E-state index contributed by atoms with van der Waals surface area (Å²) in [7, 11) is 3.60. The van der Waals surface area contributed by atoms with Crippen molar-refractivity contribution in [3.05, 3.63) is 33.5 Å². The average molecular weight is 321 g/mol. The van der Waals surface area contributed by atoms with E-state index >= 15 is 0 Å². The second-order valence-electron chi connectivity index (χ2n) is 5.59. The zero-order chi connectivity index (χ0) is 16.3. The van der Waals surface area contributed by atoms with Crippen LogP contribution in [0.15, 0.2) is 12.4 Å². The summed E-state index contributed by atoms with van der Waals surface area (Å²) in [5.74, 6) is 0.329. The molecule has 0 radical (unpaired) electrons. The lowest BCUT2D eigenvalue weighted by Gasteiger charge is -2.13. The summed E-state index contributed by atoms with van der Waals surface area (Å²) in [6, 6.07) is -0.403. The third-order valence-electron chi connectivity index (χ3n) is 3.45. The molecule has 0 spiro atoms. The number of hydrogen-bond acceptors (Lipinski definition) is 5. The van der Waals surface area contributed by atoms with Crippen molar-refractivity contribution < 1.29 is 4.79 Å². The molecule has 0 fully saturated rings. The predicted octanol–water partition coefficient (Wildman–Crippen LogP) is 1.89. The molecule has 0 aromatic carbocycles. The molecule has 1 amide bonds. The van der Waals surface area contributed by atoms with Gasteiger partial charge in [0.2, 0.25) is 5.91 Å². The minimum absolute atomic E-state index is 0.0746. The summed E-state index contributed by atoms with van der Waals surface area (Å²) in [6.45, 7) is 6.79. The Bertz CT molecular complexity index is 646. The van der Waals surface area contributed by atoms with Crippen LogP contribution in [0.2, 0.25) is 0 Å². The zero-order valence-electron chi connectivity index (χ0n) is 13.7. The number of thiazole rings is 1. The van der Waals surface area contributed by atoms with Gasteiger partial charge in [0.25, 0.3) is 0 Å². The first kappa shape index (κ1) is 16.6. The van der Waals surface area contributed by atoms with Crippen LogP contribution in [0.1, 0.15) is 46.9 Å². The Labute approximate surface area is 135 Å². The highest BCUT2D eigenvalue weighted by Crippen LogP contribution is 2.24. The molecule has 0 aliphatic heterocycles. The van der Waals surface area contributed by atoms with Crippen LogP contribution in [0.25, 0.3) is 0 Å². The molecule has 0 aliphatic rings. The number of aryl methyl sites for hydroxylation is 2. The largest absolute Gasteiger partial charge is 0.348 e. The number of carbonyl (C=O) groups is 1. The topological polar surface area (TPSA) is 71.8 Å². The number of rotatable bonds is 6. The van der Waals surface area contributed by atoms with Crippen molar-refractivity contribution in [1.29, 1.82) is 0 Å². The molecule has 0 aliphatic carbocycles. The van der Waals surface area contributed by atoms with Crippen molar-refractivity contribution in [3.8, 4) is 0 Å². The summed E-state index contributed by atoms with van der Waals surface area (Å²) in [5, 5.41) is 11.0. The molecule has 2 aromatic rings. The van der Waals surface area contributed by atoms with E-state index in [9.17, 15) is 4.79 Å². The lowest BCUT2D eigenvalue weighted by molar-refractivity contribution is -0.123. The number of amides is 1. The van der Waals surface area contributed by atoms with Gasteiger partial charge >= 0.3 is 0 Å². The van der Waals surface area contributed by atoms with Gasteiger partial charge in [0, 0.05) is 23.7 Å². The number of carbonyl (C=O) groups excluding carboxylic acids is 1. The van der Waals surface area contributed by atoms with Crippen molar-refractivity contribution in [3.63, 3.8) is 0 Å². The van der Waals surface area contributed by atoms with Gasteiger partial charge in [0.1, 0.15) is 11.0 Å². The fourth-order valence-corrected chi connectivity index (χ4v) is 3.41. The zero-order valence-corrected chi connectivity index (χ0v) is 14.5. The van der Waals surface area contributed by atoms with Gasteiger partial charge in [-0.3, -0.25) is 9.48 Å². The smallest absolute Gasteiger partial charge is 0.242 e. The first-order chi connectivity index (χ1) is 10.4. The van der Waals surface area contributed by atoms with Crippen LogP contribution in [-0.2, 0) is 18.4 Å². The van der Waals surface area contributed by atoms with Crippen LogP contribution in [0, 0.1) is 6.92 Å². The number of nitrogens with one attached hydrogen (secondary N) is 2. The van der Waals surface area contributed by atoms with Crippen molar-refractivity contribution in [2.75, 3.05) is 7.05 Å². The fraction of sp³-hybridized carbons (Fsp3) is 0.533. The minimum Gasteiger partial charge on any atom is -0.348 e. The predicted molar refractivity (Wildman–Crippen MR) is 87.8 cm³/mol. The van der Waals surface area contributed by atoms with E-state index in [4.69, 9.17) is 0 Å². The number of likely N-dealkylation sites (N-methyl/N-ethyl adjacent to an activating group) is 1. The van der Waals surface area contributed by atoms with Crippen LogP contribution in [0.5, 0.6) is 0 Å². The average Bonchev–Trinajstić information content (AvgIpc) is 3.04. The molecular formula is C15H23N5OS. The van der Waals surface area contributed by atoms with E-state index in [-0.39, 0.29) is 5.91 Å². The first-order valence-electron chi connectivity index (χ1n) is 7.32.